The fourth-order valence-corrected chi connectivity index (χ4v) is 2.77. The highest BCUT2D eigenvalue weighted by Crippen LogP contribution is 2.40. The van der Waals surface area contributed by atoms with Crippen molar-refractivity contribution in [1.82, 2.24) is 0 Å². The van der Waals surface area contributed by atoms with Crippen LogP contribution in [0.25, 0.3) is 0 Å². The van der Waals surface area contributed by atoms with E-state index >= 15 is 0 Å². The Hall–Kier alpha value is -0.600. The van der Waals surface area contributed by atoms with E-state index in [1.54, 1.807) is 43.5 Å². The molecule has 5 heteroatoms. The van der Waals surface area contributed by atoms with Gasteiger partial charge in [-0.25, -0.2) is 0 Å². The zero-order valence-corrected chi connectivity index (χ0v) is 13.0. The summed E-state index contributed by atoms with van der Waals surface area (Å²) in [5.41, 5.74) is 1.47. The van der Waals surface area contributed by atoms with Crippen molar-refractivity contribution in [2.24, 2.45) is 0 Å². The van der Waals surface area contributed by atoms with Gasteiger partial charge in [0.15, 0.2) is 0 Å². The summed E-state index contributed by atoms with van der Waals surface area (Å²) in [6.45, 7) is 0. The average Bonchev–Trinajstić information content (AvgIpc) is 2.40. The average molecular weight is 336 g/mol. The molecular formula is C14H10Cl4O. The summed E-state index contributed by atoms with van der Waals surface area (Å²) < 4.78 is 5.29. The van der Waals surface area contributed by atoms with Crippen LogP contribution in [0, 0.1) is 0 Å². The summed E-state index contributed by atoms with van der Waals surface area (Å²) in [7, 11) is 1.58. The third-order valence-electron chi connectivity index (χ3n) is 2.70. The zero-order valence-electron chi connectivity index (χ0n) is 9.96. The topological polar surface area (TPSA) is 9.23 Å². The molecule has 2 aromatic carbocycles. The predicted octanol–water partition coefficient (Wildman–Crippen LogP) is 5.98. The molecule has 0 aliphatic rings. The largest absolute Gasteiger partial charge is 0.496 e. The summed E-state index contributed by atoms with van der Waals surface area (Å²) in [5.74, 6) is 0.653. The van der Waals surface area contributed by atoms with Gasteiger partial charge < -0.3 is 4.74 Å². The Labute approximate surface area is 132 Å². The van der Waals surface area contributed by atoms with E-state index in [1.165, 1.54) is 0 Å². The summed E-state index contributed by atoms with van der Waals surface area (Å²) >= 11 is 24.6. The number of alkyl halides is 1. The van der Waals surface area contributed by atoms with E-state index in [9.17, 15) is 0 Å². The maximum Gasteiger partial charge on any atom is 0.123 e. The highest BCUT2D eigenvalue weighted by atomic mass is 35.5. The molecule has 0 fully saturated rings. The molecule has 0 N–H and O–H groups in total. The van der Waals surface area contributed by atoms with Crippen molar-refractivity contribution in [3.63, 3.8) is 0 Å². The van der Waals surface area contributed by atoms with Gasteiger partial charge in [0.2, 0.25) is 0 Å². The second-order valence-corrected chi connectivity index (χ2v) is 5.63. The van der Waals surface area contributed by atoms with Crippen LogP contribution in [0.1, 0.15) is 16.5 Å². The Morgan fingerprint density at radius 3 is 2.11 bits per heavy atom. The van der Waals surface area contributed by atoms with Crippen molar-refractivity contribution in [3.8, 4) is 5.75 Å². The number of halogens is 4. The van der Waals surface area contributed by atoms with E-state index in [0.29, 0.717) is 20.8 Å². The fraction of sp³-hybridized carbons (Fsp3) is 0.143. The van der Waals surface area contributed by atoms with Gasteiger partial charge in [0.1, 0.15) is 5.75 Å². The molecular weight excluding hydrogens is 326 g/mol. The third-order valence-corrected chi connectivity index (χ3v) is 3.98. The van der Waals surface area contributed by atoms with Gasteiger partial charge in [-0.1, -0.05) is 34.8 Å². The Bertz CT molecular complexity index is 598. The molecule has 0 spiro atoms. The van der Waals surface area contributed by atoms with Gasteiger partial charge in [-0.2, -0.15) is 0 Å². The molecule has 1 nitrogen and oxygen atoms in total. The van der Waals surface area contributed by atoms with Crippen LogP contribution in [-0.4, -0.2) is 7.11 Å². The second kappa shape index (κ2) is 6.23. The van der Waals surface area contributed by atoms with E-state index in [2.05, 4.69) is 0 Å². The maximum absolute atomic E-state index is 6.48. The molecule has 0 amide bonds. The zero-order chi connectivity index (χ0) is 14.0. The summed E-state index contributed by atoms with van der Waals surface area (Å²) in [5, 5.41) is 1.22. The smallest absolute Gasteiger partial charge is 0.123 e. The second-order valence-electron chi connectivity index (χ2n) is 3.91. The van der Waals surface area contributed by atoms with Crippen LogP contribution >= 0.6 is 46.4 Å². The normalized spacial score (nSPS) is 12.3. The molecule has 0 radical (unpaired) electrons. The van der Waals surface area contributed by atoms with Crippen LogP contribution in [0.15, 0.2) is 36.4 Å². The van der Waals surface area contributed by atoms with Gasteiger partial charge in [0.25, 0.3) is 0 Å². The summed E-state index contributed by atoms with van der Waals surface area (Å²) in [4.78, 5) is 0. The van der Waals surface area contributed by atoms with Crippen LogP contribution in [0.5, 0.6) is 5.75 Å². The number of rotatable bonds is 3. The van der Waals surface area contributed by atoms with E-state index in [0.717, 1.165) is 11.1 Å². The van der Waals surface area contributed by atoms with Crippen molar-refractivity contribution in [3.05, 3.63) is 62.6 Å². The Balaban J connectivity index is 2.51. The number of benzene rings is 2. The lowest BCUT2D eigenvalue weighted by Crippen LogP contribution is -1.98. The van der Waals surface area contributed by atoms with Crippen LogP contribution in [0.4, 0.5) is 0 Å². The van der Waals surface area contributed by atoms with Gasteiger partial charge in [-0.05, 0) is 42.0 Å². The number of ether oxygens (including phenoxy) is 1. The minimum Gasteiger partial charge on any atom is -0.496 e. The van der Waals surface area contributed by atoms with E-state index in [4.69, 9.17) is 51.1 Å². The van der Waals surface area contributed by atoms with Gasteiger partial charge in [-0.15, -0.1) is 11.6 Å². The van der Waals surface area contributed by atoms with E-state index < -0.39 is 5.38 Å². The first kappa shape index (κ1) is 14.8. The molecule has 0 saturated heterocycles. The first-order chi connectivity index (χ1) is 9.02. The molecule has 100 valence electrons. The standard InChI is InChI=1S/C14H10Cl4O/c1-19-13-5-3-9(16)7-11(13)14(18)10-6-8(15)2-4-12(10)17/h2-7,14H,1H3. The Kier molecular flexibility index (Phi) is 4.86. The van der Waals surface area contributed by atoms with E-state index in [-0.39, 0.29) is 0 Å². The third kappa shape index (κ3) is 3.29. The van der Waals surface area contributed by atoms with Gasteiger partial charge in [-0.3, -0.25) is 0 Å². The number of hydrogen-bond donors (Lipinski definition) is 0. The van der Waals surface area contributed by atoms with Crippen molar-refractivity contribution >= 4 is 46.4 Å². The Morgan fingerprint density at radius 2 is 1.47 bits per heavy atom. The monoisotopic (exact) mass is 334 g/mol. The van der Waals surface area contributed by atoms with Gasteiger partial charge in [0.05, 0.1) is 12.5 Å². The molecule has 0 aliphatic heterocycles. The summed E-state index contributed by atoms with van der Waals surface area (Å²) in [6.07, 6.45) is 0. The van der Waals surface area contributed by atoms with Crippen LogP contribution in [-0.2, 0) is 0 Å². The SMILES string of the molecule is COc1ccc(Cl)cc1C(Cl)c1cc(Cl)ccc1Cl. The quantitative estimate of drug-likeness (QED) is 0.626. The van der Waals surface area contributed by atoms with Gasteiger partial charge in [0, 0.05) is 20.6 Å². The molecule has 0 bridgehead atoms. The molecule has 1 unspecified atom stereocenters. The highest BCUT2D eigenvalue weighted by Gasteiger charge is 2.19. The lowest BCUT2D eigenvalue weighted by Gasteiger charge is -2.16. The minimum absolute atomic E-state index is 0.486. The first-order valence-electron chi connectivity index (χ1n) is 5.45. The number of hydrogen-bond acceptors (Lipinski definition) is 1. The fourth-order valence-electron chi connectivity index (χ4n) is 1.78. The molecule has 2 rings (SSSR count). The summed E-state index contributed by atoms with van der Waals surface area (Å²) in [6, 6.07) is 10.4. The highest BCUT2D eigenvalue weighted by molar-refractivity contribution is 6.35. The minimum atomic E-state index is -0.486. The van der Waals surface area contributed by atoms with Gasteiger partial charge >= 0.3 is 0 Å². The molecule has 1 atom stereocenters. The lowest BCUT2D eigenvalue weighted by atomic mass is 10.0. The van der Waals surface area contributed by atoms with Crippen LogP contribution in [0.2, 0.25) is 15.1 Å². The van der Waals surface area contributed by atoms with Crippen LogP contribution in [0.3, 0.4) is 0 Å². The van der Waals surface area contributed by atoms with Crippen molar-refractivity contribution in [1.29, 1.82) is 0 Å². The van der Waals surface area contributed by atoms with Crippen molar-refractivity contribution in [2.75, 3.05) is 7.11 Å². The molecule has 0 saturated carbocycles. The first-order valence-corrected chi connectivity index (χ1v) is 7.02. The van der Waals surface area contributed by atoms with Crippen molar-refractivity contribution < 1.29 is 4.74 Å². The number of methoxy groups -OCH3 is 1. The van der Waals surface area contributed by atoms with Crippen molar-refractivity contribution in [2.45, 2.75) is 5.38 Å². The predicted molar refractivity (Wildman–Crippen MR) is 82.2 cm³/mol. The van der Waals surface area contributed by atoms with E-state index in [1.807, 2.05) is 0 Å². The molecule has 0 aromatic heterocycles. The maximum atomic E-state index is 6.48. The Morgan fingerprint density at radius 1 is 0.895 bits per heavy atom. The van der Waals surface area contributed by atoms with Crippen LogP contribution < -0.4 is 4.74 Å². The molecule has 19 heavy (non-hydrogen) atoms. The lowest BCUT2D eigenvalue weighted by molar-refractivity contribution is 0.410. The molecule has 2 aromatic rings. The molecule has 0 heterocycles. The molecule has 0 aliphatic carbocycles.